The molecule has 10 aromatic rings. The van der Waals surface area contributed by atoms with E-state index in [9.17, 15) is 0 Å². The van der Waals surface area contributed by atoms with Gasteiger partial charge in [-0.05, 0) is 110 Å². The van der Waals surface area contributed by atoms with Crippen molar-refractivity contribution in [1.82, 2.24) is 0 Å². The Morgan fingerprint density at radius 1 is 0.367 bits per heavy atom. The van der Waals surface area contributed by atoms with Crippen molar-refractivity contribution in [1.29, 1.82) is 0 Å². The van der Waals surface area contributed by atoms with Gasteiger partial charge in [-0.3, -0.25) is 0 Å². The van der Waals surface area contributed by atoms with Gasteiger partial charge in [-0.25, -0.2) is 0 Å². The van der Waals surface area contributed by atoms with Crippen LogP contribution in [-0.2, 0) is 10.8 Å². The Morgan fingerprint density at radius 2 is 0.867 bits per heavy atom. The summed E-state index contributed by atoms with van der Waals surface area (Å²) in [5, 5.41) is 2.25. The Labute approximate surface area is 351 Å². The van der Waals surface area contributed by atoms with E-state index in [-0.39, 0.29) is 5.41 Å². The topological polar surface area (TPSA) is 16.4 Å². The molecule has 0 fully saturated rings. The SMILES string of the molecule is CC1(C)c2ccccc2-c2ccc(-c3ccc(N(c4ccccc4)c4ccc(C(c5ccccc5)(c5ccccc5)c5ccc6c(c5)oc5ccccc56)cc4)cc3)cc21. The molecule has 2 nitrogen and oxygen atoms in total. The molecule has 1 aliphatic rings. The molecule has 0 bridgehead atoms. The molecule has 0 N–H and O–H groups in total. The first kappa shape index (κ1) is 35.7. The van der Waals surface area contributed by atoms with Gasteiger partial charge >= 0.3 is 0 Å². The Balaban J connectivity index is 1.02. The number of fused-ring (bicyclic) bond motifs is 6. The van der Waals surface area contributed by atoms with Crippen molar-refractivity contribution in [3.05, 3.63) is 258 Å². The van der Waals surface area contributed by atoms with Gasteiger partial charge in [-0.15, -0.1) is 0 Å². The molecule has 0 amide bonds. The smallest absolute Gasteiger partial charge is 0.135 e. The van der Waals surface area contributed by atoms with E-state index in [1.807, 2.05) is 12.1 Å². The number of benzene rings is 9. The molecule has 0 spiro atoms. The van der Waals surface area contributed by atoms with Crippen molar-refractivity contribution in [2.75, 3.05) is 4.90 Å². The van der Waals surface area contributed by atoms with Gasteiger partial charge < -0.3 is 9.32 Å². The molecule has 2 heteroatoms. The average molecular weight is 770 g/mol. The van der Waals surface area contributed by atoms with Crippen LogP contribution in [0.3, 0.4) is 0 Å². The summed E-state index contributed by atoms with van der Waals surface area (Å²) in [6, 6.07) is 81.5. The molecule has 0 saturated carbocycles. The summed E-state index contributed by atoms with van der Waals surface area (Å²) in [6.07, 6.45) is 0. The second kappa shape index (κ2) is 14.1. The van der Waals surface area contributed by atoms with Crippen LogP contribution in [0, 0.1) is 0 Å². The van der Waals surface area contributed by atoms with Gasteiger partial charge in [0.1, 0.15) is 11.2 Å². The van der Waals surface area contributed by atoms with E-state index in [1.165, 1.54) is 50.1 Å². The van der Waals surface area contributed by atoms with Crippen LogP contribution < -0.4 is 4.90 Å². The van der Waals surface area contributed by atoms with Crippen LogP contribution in [0.15, 0.2) is 229 Å². The summed E-state index contributed by atoms with van der Waals surface area (Å²) in [4.78, 5) is 2.35. The van der Waals surface area contributed by atoms with Crippen LogP contribution in [0.2, 0.25) is 0 Å². The number of hydrogen-bond acceptors (Lipinski definition) is 2. The van der Waals surface area contributed by atoms with Crippen LogP contribution in [0.1, 0.15) is 47.2 Å². The number of para-hydroxylation sites is 2. The predicted octanol–water partition coefficient (Wildman–Crippen LogP) is 15.4. The van der Waals surface area contributed by atoms with E-state index < -0.39 is 5.41 Å². The molecule has 0 unspecified atom stereocenters. The third kappa shape index (κ3) is 5.63. The Morgan fingerprint density at radius 3 is 1.57 bits per heavy atom. The first-order valence-electron chi connectivity index (χ1n) is 20.8. The van der Waals surface area contributed by atoms with E-state index in [2.05, 4.69) is 231 Å². The maximum atomic E-state index is 6.52. The van der Waals surface area contributed by atoms with Gasteiger partial charge in [0.05, 0.1) is 5.41 Å². The molecular weight excluding hydrogens is 727 g/mol. The fourth-order valence-corrected chi connectivity index (χ4v) is 9.91. The molecule has 1 aliphatic carbocycles. The number of anilines is 3. The summed E-state index contributed by atoms with van der Waals surface area (Å²) in [7, 11) is 0. The van der Waals surface area contributed by atoms with Crippen molar-refractivity contribution in [3.8, 4) is 22.3 Å². The minimum atomic E-state index is -0.626. The second-order valence-electron chi connectivity index (χ2n) is 16.5. The first-order valence-corrected chi connectivity index (χ1v) is 20.8. The maximum absolute atomic E-state index is 6.52. The number of furan rings is 1. The molecule has 0 radical (unpaired) electrons. The van der Waals surface area contributed by atoms with Crippen molar-refractivity contribution in [2.45, 2.75) is 24.7 Å². The van der Waals surface area contributed by atoms with Gasteiger partial charge in [0.15, 0.2) is 0 Å². The molecule has 11 rings (SSSR count). The van der Waals surface area contributed by atoms with E-state index in [0.29, 0.717) is 0 Å². The van der Waals surface area contributed by atoms with Gasteiger partial charge in [0.2, 0.25) is 0 Å². The van der Waals surface area contributed by atoms with E-state index in [0.717, 1.165) is 44.6 Å². The highest BCUT2D eigenvalue weighted by Crippen LogP contribution is 2.50. The fraction of sp³-hybridized carbons (Fsp3) is 0.0690. The van der Waals surface area contributed by atoms with Crippen LogP contribution in [0.25, 0.3) is 44.2 Å². The monoisotopic (exact) mass is 769 g/mol. The Bertz CT molecular complexity index is 3100. The zero-order chi connectivity index (χ0) is 40.3. The molecule has 9 aromatic carbocycles. The lowest BCUT2D eigenvalue weighted by molar-refractivity contribution is 0.660. The standard InChI is InChI=1S/C58H43NO/c1-57(2)53-24-14-12-22-49(53)50-36-28-41(38-54(50)57)40-26-32-47(33-27-40)59(46-20-10-5-11-21-46)48-34-29-44(30-35-48)58(42-16-6-3-7-17-42,43-18-8-4-9-19-43)45-31-37-52-51-23-13-15-25-55(51)60-56(52)39-45/h3-39H,1-2H3. The zero-order valence-electron chi connectivity index (χ0n) is 33.7. The van der Waals surface area contributed by atoms with Crippen LogP contribution >= 0.6 is 0 Å². The van der Waals surface area contributed by atoms with Crippen molar-refractivity contribution in [3.63, 3.8) is 0 Å². The van der Waals surface area contributed by atoms with E-state index in [1.54, 1.807) is 0 Å². The molecule has 1 aromatic heterocycles. The summed E-state index contributed by atoms with van der Waals surface area (Å²) < 4.78 is 6.52. The van der Waals surface area contributed by atoms with Gasteiger partial charge in [-0.2, -0.15) is 0 Å². The largest absolute Gasteiger partial charge is 0.456 e. The lowest BCUT2D eigenvalue weighted by Crippen LogP contribution is -2.31. The van der Waals surface area contributed by atoms with E-state index in [4.69, 9.17) is 4.42 Å². The lowest BCUT2D eigenvalue weighted by atomic mass is 9.65. The van der Waals surface area contributed by atoms with Gasteiger partial charge in [0.25, 0.3) is 0 Å². The highest BCUT2D eigenvalue weighted by Gasteiger charge is 2.39. The Kier molecular flexibility index (Phi) is 8.42. The van der Waals surface area contributed by atoms with Crippen LogP contribution in [0.4, 0.5) is 17.1 Å². The summed E-state index contributed by atoms with van der Waals surface area (Å²) in [5.41, 5.74) is 17.0. The number of hydrogen-bond donors (Lipinski definition) is 0. The predicted molar refractivity (Wildman–Crippen MR) is 250 cm³/mol. The fourth-order valence-electron chi connectivity index (χ4n) is 9.91. The minimum absolute atomic E-state index is 0.0447. The summed E-state index contributed by atoms with van der Waals surface area (Å²) in [5.74, 6) is 0. The molecule has 0 atom stereocenters. The number of nitrogens with zero attached hydrogens (tertiary/aromatic N) is 1. The Hall–Kier alpha value is -7.42. The van der Waals surface area contributed by atoms with Gasteiger partial charge in [0, 0.05) is 33.2 Å². The van der Waals surface area contributed by atoms with Crippen LogP contribution in [-0.4, -0.2) is 0 Å². The molecule has 60 heavy (non-hydrogen) atoms. The van der Waals surface area contributed by atoms with Crippen molar-refractivity contribution >= 4 is 39.0 Å². The molecule has 286 valence electrons. The van der Waals surface area contributed by atoms with Crippen LogP contribution in [0.5, 0.6) is 0 Å². The number of rotatable bonds is 8. The highest BCUT2D eigenvalue weighted by atomic mass is 16.3. The quantitative estimate of drug-likeness (QED) is 0.143. The third-order valence-corrected chi connectivity index (χ3v) is 12.8. The normalized spacial score (nSPS) is 13.0. The summed E-state index contributed by atoms with van der Waals surface area (Å²) >= 11 is 0. The van der Waals surface area contributed by atoms with Crippen molar-refractivity contribution < 1.29 is 4.42 Å². The highest BCUT2D eigenvalue weighted by molar-refractivity contribution is 6.05. The minimum Gasteiger partial charge on any atom is -0.456 e. The van der Waals surface area contributed by atoms with E-state index >= 15 is 0 Å². The average Bonchev–Trinajstić information content (AvgIpc) is 3.79. The molecule has 0 saturated heterocycles. The lowest BCUT2D eigenvalue weighted by Gasteiger charge is -2.37. The molecule has 0 aliphatic heterocycles. The molecular formula is C58H43NO. The second-order valence-corrected chi connectivity index (χ2v) is 16.5. The van der Waals surface area contributed by atoms with Gasteiger partial charge in [-0.1, -0.05) is 184 Å². The third-order valence-electron chi connectivity index (χ3n) is 12.8. The summed E-state index contributed by atoms with van der Waals surface area (Å²) in [6.45, 7) is 4.69. The maximum Gasteiger partial charge on any atom is 0.135 e. The molecule has 1 heterocycles. The zero-order valence-corrected chi connectivity index (χ0v) is 33.7. The first-order chi connectivity index (χ1) is 29.5. The van der Waals surface area contributed by atoms with Crippen molar-refractivity contribution in [2.24, 2.45) is 0 Å².